The molecule has 0 bridgehead atoms. The van der Waals surface area contributed by atoms with Gasteiger partial charge in [0, 0.05) is 48.5 Å². The minimum absolute atomic E-state index is 0.0691. The highest BCUT2D eigenvalue weighted by Crippen LogP contribution is 2.48. The van der Waals surface area contributed by atoms with E-state index in [0.29, 0.717) is 4.90 Å². The van der Waals surface area contributed by atoms with Gasteiger partial charge in [0.25, 0.3) is 11.8 Å². The van der Waals surface area contributed by atoms with Crippen LogP contribution in [0.15, 0.2) is 24.3 Å². The topological polar surface area (TPSA) is 240 Å². The van der Waals surface area contributed by atoms with E-state index in [-0.39, 0.29) is 11.1 Å². The van der Waals surface area contributed by atoms with Gasteiger partial charge in [-0.2, -0.15) is 0 Å². The second kappa shape index (κ2) is 16.9. The Morgan fingerprint density at radius 2 is 1.13 bits per heavy atom. The molecular weight excluding hydrogens is 746 g/mol. The highest BCUT2D eigenvalue weighted by atomic mass is 35.5. The van der Waals surface area contributed by atoms with E-state index in [9.17, 15) is 43.2 Å². The Balaban J connectivity index is 2.09. The van der Waals surface area contributed by atoms with Crippen LogP contribution in [0.3, 0.4) is 0 Å². The van der Waals surface area contributed by atoms with Crippen LogP contribution in [0.4, 0.5) is 0 Å². The Hall–Kier alpha value is -5.14. The number of benzene rings is 1. The van der Waals surface area contributed by atoms with Gasteiger partial charge in [0.1, 0.15) is 37.6 Å². The fraction of sp³-hybridized carbons (Fsp3) is 0.559. The lowest BCUT2D eigenvalue weighted by molar-refractivity contribution is -0.335. The van der Waals surface area contributed by atoms with Gasteiger partial charge < -0.3 is 42.6 Å². The Labute approximate surface area is 312 Å². The molecule has 1 aromatic rings. The molecule has 54 heavy (non-hydrogen) atoms. The summed E-state index contributed by atoms with van der Waals surface area (Å²) in [6, 6.07) is 3.80. The fourth-order valence-electron chi connectivity index (χ4n) is 6.73. The third-order valence-electron chi connectivity index (χ3n) is 8.43. The maximum atomic E-state index is 13.9. The zero-order valence-corrected chi connectivity index (χ0v) is 30.8. The van der Waals surface area contributed by atoms with E-state index >= 15 is 0 Å². The molecule has 4 rings (SSSR count). The molecule has 3 heterocycles. The SMILES string of the molecule is CC(=O)OC[C@H]1O[C@@H]([C@]2(OC(C)=O)[C@H](OC(C)=O)[C@H](N3C(=O)c4ccccc4C3=O)[C@@H](Cl)O[C@@H]2COC(C)=O)[C@H](OC(C)=O)[C@@H](OC(C)=O)[C@H]1OC(C)=O. The first kappa shape index (κ1) is 41.6. The molecule has 0 aliphatic carbocycles. The number of nitrogens with zero attached hydrogens (tertiary/aromatic N) is 1. The average molecular weight is 784 g/mol. The zero-order chi connectivity index (χ0) is 40.2. The van der Waals surface area contributed by atoms with Crippen molar-refractivity contribution < 1.29 is 85.8 Å². The Bertz CT molecular complexity index is 1680. The van der Waals surface area contributed by atoms with Crippen molar-refractivity contribution in [3.8, 4) is 0 Å². The molecule has 19 nitrogen and oxygen atoms in total. The van der Waals surface area contributed by atoms with Gasteiger partial charge in [0.2, 0.25) is 5.60 Å². The molecular formula is C34H38ClNO18. The van der Waals surface area contributed by atoms with Gasteiger partial charge in [0.15, 0.2) is 30.0 Å². The Morgan fingerprint density at radius 3 is 1.61 bits per heavy atom. The van der Waals surface area contributed by atoms with Gasteiger partial charge in [-0.15, -0.1) is 0 Å². The number of alkyl halides is 1. The van der Waals surface area contributed by atoms with Crippen LogP contribution in [0.1, 0.15) is 69.2 Å². The number of rotatable bonds is 11. The molecule has 0 radical (unpaired) electrons. The van der Waals surface area contributed by atoms with Crippen molar-refractivity contribution in [1.29, 1.82) is 0 Å². The summed E-state index contributed by atoms with van der Waals surface area (Å²) in [4.78, 5) is 117. The van der Waals surface area contributed by atoms with Crippen molar-refractivity contribution in [2.45, 2.75) is 108 Å². The minimum Gasteiger partial charge on any atom is -0.463 e. The molecule has 0 unspecified atom stereocenters. The van der Waals surface area contributed by atoms with Gasteiger partial charge in [-0.3, -0.25) is 48.1 Å². The molecule has 294 valence electrons. The molecule has 2 fully saturated rings. The molecule has 0 aromatic heterocycles. The lowest BCUT2D eigenvalue weighted by atomic mass is 9.73. The predicted octanol–water partition coefficient (Wildman–Crippen LogP) is 0.537. The van der Waals surface area contributed by atoms with Crippen LogP contribution in [0, 0.1) is 0 Å². The van der Waals surface area contributed by atoms with Crippen LogP contribution in [0.25, 0.3) is 0 Å². The van der Waals surface area contributed by atoms with Gasteiger partial charge in [-0.1, -0.05) is 23.7 Å². The molecule has 1 aromatic carbocycles. The Morgan fingerprint density at radius 1 is 0.648 bits per heavy atom. The number of ether oxygens (including phenoxy) is 9. The molecule has 0 N–H and O–H groups in total. The van der Waals surface area contributed by atoms with E-state index < -0.39 is 127 Å². The van der Waals surface area contributed by atoms with Crippen LogP contribution in [0.5, 0.6) is 0 Å². The predicted molar refractivity (Wildman–Crippen MR) is 174 cm³/mol. The molecule has 2 saturated heterocycles. The maximum absolute atomic E-state index is 13.9. The standard InChI is InChI=1S/C34H38ClNO18/c1-14(37)46-12-23-26(48-16(3)39)27(49-17(4)40)28(50-18(5)41)30(52-23)34(54-20(7)43)24(13-47-15(2)38)53-31(35)25(29(34)51-19(6)42)36-32(44)21-10-8-9-11-22(21)33(36)45/h8-11,23-31H,12-13H2,1-7H3/t23-,24-,25+,26+,27+,28-,29-,30-,31+,34-/m1/s1. The maximum Gasteiger partial charge on any atom is 0.303 e. The van der Waals surface area contributed by atoms with Crippen LogP contribution < -0.4 is 0 Å². The lowest BCUT2D eigenvalue weighted by Gasteiger charge is -2.58. The molecule has 0 spiro atoms. The summed E-state index contributed by atoms with van der Waals surface area (Å²) in [6.07, 6.45) is -13.3. The first-order valence-electron chi connectivity index (χ1n) is 16.4. The number of hydrogen-bond acceptors (Lipinski definition) is 18. The normalized spacial score (nSPS) is 30.3. The molecule has 10 atom stereocenters. The van der Waals surface area contributed by atoms with Crippen molar-refractivity contribution in [1.82, 2.24) is 4.90 Å². The van der Waals surface area contributed by atoms with Crippen molar-refractivity contribution in [3.05, 3.63) is 35.4 Å². The van der Waals surface area contributed by atoms with Crippen LogP contribution in [0.2, 0.25) is 0 Å². The quantitative estimate of drug-likeness (QED) is 0.129. The summed E-state index contributed by atoms with van der Waals surface area (Å²) >= 11 is 6.79. The van der Waals surface area contributed by atoms with E-state index in [0.717, 1.165) is 48.5 Å². The highest BCUT2D eigenvalue weighted by molar-refractivity contribution is 6.24. The molecule has 0 saturated carbocycles. The number of amides is 2. The first-order chi connectivity index (χ1) is 25.3. The van der Waals surface area contributed by atoms with Crippen molar-refractivity contribution in [3.63, 3.8) is 0 Å². The van der Waals surface area contributed by atoms with Gasteiger partial charge >= 0.3 is 41.8 Å². The number of hydrogen-bond donors (Lipinski definition) is 0. The van der Waals surface area contributed by atoms with Gasteiger partial charge in [-0.25, -0.2) is 0 Å². The lowest BCUT2D eigenvalue weighted by Crippen LogP contribution is -2.80. The average Bonchev–Trinajstić information content (AvgIpc) is 3.30. The largest absolute Gasteiger partial charge is 0.463 e. The molecule has 3 aliphatic heterocycles. The second-order valence-corrected chi connectivity index (χ2v) is 12.8. The number of carbonyl (C=O) groups is 9. The van der Waals surface area contributed by atoms with Gasteiger partial charge in [-0.05, 0) is 12.1 Å². The summed E-state index contributed by atoms with van der Waals surface area (Å²) in [5.41, 5.74) is -4.72. The first-order valence-corrected chi connectivity index (χ1v) is 16.8. The van der Waals surface area contributed by atoms with E-state index in [4.69, 9.17) is 54.2 Å². The molecule has 3 aliphatic rings. The van der Waals surface area contributed by atoms with Crippen molar-refractivity contribution >= 4 is 65.2 Å². The van der Waals surface area contributed by atoms with Crippen molar-refractivity contribution in [2.24, 2.45) is 0 Å². The summed E-state index contributed by atoms with van der Waals surface area (Å²) in [5, 5.41) is 0. The highest BCUT2D eigenvalue weighted by Gasteiger charge is 2.72. The van der Waals surface area contributed by atoms with Crippen molar-refractivity contribution in [2.75, 3.05) is 13.2 Å². The summed E-state index contributed by atoms with van der Waals surface area (Å²) in [7, 11) is 0. The third-order valence-corrected chi connectivity index (χ3v) is 8.79. The van der Waals surface area contributed by atoms with Crippen LogP contribution >= 0.6 is 11.6 Å². The van der Waals surface area contributed by atoms with E-state index in [1.54, 1.807) is 0 Å². The van der Waals surface area contributed by atoms with E-state index in [1.165, 1.54) is 24.3 Å². The number of fused-ring (bicyclic) bond motifs is 1. The summed E-state index contributed by atoms with van der Waals surface area (Å²) in [6.45, 7) is 5.22. The second-order valence-electron chi connectivity index (χ2n) is 12.4. The van der Waals surface area contributed by atoms with Crippen LogP contribution in [-0.4, -0.2) is 132 Å². The van der Waals surface area contributed by atoms with E-state index in [2.05, 4.69) is 0 Å². The number of carbonyl (C=O) groups excluding carboxylic acids is 9. The minimum atomic E-state index is -2.79. The Kier molecular flexibility index (Phi) is 13.0. The number of imide groups is 1. The number of esters is 7. The fourth-order valence-corrected chi connectivity index (χ4v) is 7.10. The zero-order valence-electron chi connectivity index (χ0n) is 30.1. The smallest absolute Gasteiger partial charge is 0.303 e. The number of halogens is 1. The summed E-state index contributed by atoms with van der Waals surface area (Å²) < 4.78 is 51.4. The third kappa shape index (κ3) is 8.63. The van der Waals surface area contributed by atoms with Crippen LogP contribution in [-0.2, 0) is 76.2 Å². The monoisotopic (exact) mass is 783 g/mol. The van der Waals surface area contributed by atoms with Gasteiger partial charge in [0.05, 0.1) is 11.1 Å². The molecule has 20 heteroatoms. The molecule has 2 amide bonds. The van der Waals surface area contributed by atoms with E-state index in [1.807, 2.05) is 0 Å². The summed E-state index contributed by atoms with van der Waals surface area (Å²) in [5.74, 6) is -8.88.